The van der Waals surface area contributed by atoms with Crippen LogP contribution in [0, 0.1) is 5.82 Å². The number of alkyl halides is 5. The highest BCUT2D eigenvalue weighted by Gasteiger charge is 2.44. The van der Waals surface area contributed by atoms with Crippen molar-refractivity contribution in [1.29, 1.82) is 0 Å². The number of hydrogen-bond donors (Lipinski definition) is 2. The van der Waals surface area contributed by atoms with E-state index in [1.54, 1.807) is 6.07 Å². The second-order valence-electron chi connectivity index (χ2n) is 10.2. The molecule has 1 unspecified atom stereocenters. The molecule has 39 heavy (non-hydrogen) atoms. The molecule has 4 rings (SSSR count). The van der Waals surface area contributed by atoms with Crippen LogP contribution in [0.1, 0.15) is 55.5 Å². The van der Waals surface area contributed by atoms with Crippen molar-refractivity contribution in [2.75, 3.05) is 11.4 Å². The molecule has 2 saturated heterocycles. The van der Waals surface area contributed by atoms with Crippen molar-refractivity contribution in [1.82, 2.24) is 15.6 Å². The molecule has 212 valence electrons. The Labute approximate surface area is 220 Å². The number of pyridine rings is 1. The third-order valence-electron chi connectivity index (χ3n) is 6.92. The number of nitrogens with zero attached hydrogens (tertiary/aromatic N) is 2. The van der Waals surface area contributed by atoms with E-state index in [-0.39, 0.29) is 23.7 Å². The van der Waals surface area contributed by atoms with Crippen molar-refractivity contribution in [3.05, 3.63) is 53.5 Å². The lowest BCUT2D eigenvalue weighted by Gasteiger charge is -2.41. The first-order valence-electron chi connectivity index (χ1n) is 12.4. The van der Waals surface area contributed by atoms with Gasteiger partial charge in [0.2, 0.25) is 0 Å². The smallest absolute Gasteiger partial charge is 0.420 e. The third kappa shape index (κ3) is 6.56. The number of nitrogens with one attached hydrogen (secondary N) is 2. The van der Waals surface area contributed by atoms with E-state index < -0.39 is 53.7 Å². The largest absolute Gasteiger partial charge is 0.477 e. The van der Waals surface area contributed by atoms with Crippen LogP contribution in [-0.4, -0.2) is 53.5 Å². The highest BCUT2D eigenvalue weighted by molar-refractivity contribution is 5.94. The fourth-order valence-corrected chi connectivity index (χ4v) is 5.11. The van der Waals surface area contributed by atoms with Gasteiger partial charge in [-0.05, 0) is 69.9 Å². The van der Waals surface area contributed by atoms with E-state index in [1.807, 2.05) is 0 Å². The number of piperidine rings is 1. The molecule has 2 amide bonds. The quantitative estimate of drug-likeness (QED) is 0.459. The summed E-state index contributed by atoms with van der Waals surface area (Å²) in [5, 5.41) is 5.01. The molecule has 2 fully saturated rings. The Balaban J connectivity index is 1.38. The lowest BCUT2D eigenvalue weighted by Crippen LogP contribution is -2.55. The zero-order valence-corrected chi connectivity index (χ0v) is 21.2. The van der Waals surface area contributed by atoms with Gasteiger partial charge in [-0.15, -0.1) is 0 Å². The predicted molar refractivity (Wildman–Crippen MR) is 129 cm³/mol. The monoisotopic (exact) mass is 558 g/mol. The van der Waals surface area contributed by atoms with Gasteiger partial charge in [0.1, 0.15) is 22.9 Å². The topological polar surface area (TPSA) is 83.6 Å². The van der Waals surface area contributed by atoms with Crippen LogP contribution in [0.5, 0.6) is 5.75 Å². The predicted octanol–water partition coefficient (Wildman–Crippen LogP) is 4.71. The number of fused-ring (bicyclic) bond motifs is 2. The van der Waals surface area contributed by atoms with Crippen molar-refractivity contribution < 1.29 is 40.7 Å². The summed E-state index contributed by atoms with van der Waals surface area (Å²) in [5.74, 6) is -2.34. The fourth-order valence-electron chi connectivity index (χ4n) is 5.11. The average Bonchev–Trinajstić information content (AvgIpc) is 3.12. The zero-order chi connectivity index (χ0) is 28.5. The van der Waals surface area contributed by atoms with Gasteiger partial charge in [0.05, 0.1) is 12.1 Å². The van der Waals surface area contributed by atoms with Crippen LogP contribution in [0.25, 0.3) is 0 Å². The van der Waals surface area contributed by atoms with Crippen LogP contribution in [0.4, 0.5) is 32.2 Å². The van der Waals surface area contributed by atoms with Crippen LogP contribution in [-0.2, 0) is 11.0 Å². The Kier molecular flexibility index (Phi) is 7.99. The molecule has 2 aromatic rings. The van der Waals surface area contributed by atoms with Gasteiger partial charge in [0.25, 0.3) is 18.2 Å². The standard InChI is InChI=1S/C26H28F6N4O3/c1-25(2,39-20-7-4-15(27)9-19(20)26(30,31)32)24(38)35-16-10-17-5-6-18(11-16)36(17)22-8-3-14(12-33-22)23(37)34-13-21(28)29/h3-4,7-9,12,16-18,21H,5-6,10-11,13H2,1-2H3,(H,34,37)(H,35,38)/t16?,17-,18+. The minimum atomic E-state index is -4.86. The molecule has 2 aliphatic rings. The first kappa shape index (κ1) is 28.5. The Morgan fingerprint density at radius 2 is 1.77 bits per heavy atom. The molecule has 2 aliphatic heterocycles. The second-order valence-corrected chi connectivity index (χ2v) is 10.2. The molecule has 2 N–H and O–H groups in total. The van der Waals surface area contributed by atoms with E-state index in [0.29, 0.717) is 24.7 Å². The summed E-state index contributed by atoms with van der Waals surface area (Å²) >= 11 is 0. The van der Waals surface area contributed by atoms with Crippen LogP contribution < -0.4 is 20.3 Å². The average molecular weight is 559 g/mol. The van der Waals surface area contributed by atoms with Crippen molar-refractivity contribution in [3.8, 4) is 5.75 Å². The Bertz CT molecular complexity index is 1190. The molecule has 7 nitrogen and oxygen atoms in total. The van der Waals surface area contributed by atoms with Crippen LogP contribution in [0.15, 0.2) is 36.5 Å². The van der Waals surface area contributed by atoms with Crippen LogP contribution >= 0.6 is 0 Å². The Morgan fingerprint density at radius 1 is 1.10 bits per heavy atom. The third-order valence-corrected chi connectivity index (χ3v) is 6.92. The number of carbonyl (C=O) groups is 2. The molecule has 2 bridgehead atoms. The minimum absolute atomic E-state index is 0.0259. The van der Waals surface area contributed by atoms with Gasteiger partial charge >= 0.3 is 6.18 Å². The fraction of sp³-hybridized carbons (Fsp3) is 0.500. The van der Waals surface area contributed by atoms with Crippen molar-refractivity contribution in [2.45, 2.75) is 75.9 Å². The molecule has 0 aliphatic carbocycles. The second kappa shape index (κ2) is 10.9. The summed E-state index contributed by atoms with van der Waals surface area (Å²) < 4.78 is 83.7. The van der Waals surface area contributed by atoms with Gasteiger partial charge < -0.3 is 20.3 Å². The van der Waals surface area contributed by atoms with Gasteiger partial charge in [0, 0.05) is 24.3 Å². The number of amides is 2. The van der Waals surface area contributed by atoms with Crippen LogP contribution in [0.2, 0.25) is 0 Å². The zero-order valence-electron chi connectivity index (χ0n) is 21.2. The van der Waals surface area contributed by atoms with E-state index in [2.05, 4.69) is 20.5 Å². The molecule has 3 atom stereocenters. The number of rotatable bonds is 8. The number of carbonyl (C=O) groups excluding carboxylic acids is 2. The van der Waals surface area contributed by atoms with Gasteiger partial charge in [-0.1, -0.05) is 0 Å². The molecule has 3 heterocycles. The van der Waals surface area contributed by atoms with Gasteiger partial charge in [-0.2, -0.15) is 13.2 Å². The maximum Gasteiger partial charge on any atom is 0.420 e. The number of aromatic nitrogens is 1. The van der Waals surface area contributed by atoms with Gasteiger partial charge in [-0.3, -0.25) is 9.59 Å². The summed E-state index contributed by atoms with van der Waals surface area (Å²) in [6.07, 6.45) is -3.41. The summed E-state index contributed by atoms with van der Waals surface area (Å²) in [7, 11) is 0. The molecule has 0 radical (unpaired) electrons. The summed E-state index contributed by atoms with van der Waals surface area (Å²) in [6, 6.07) is 4.97. The number of ether oxygens (including phenoxy) is 1. The Morgan fingerprint density at radius 3 is 2.33 bits per heavy atom. The molecule has 1 aromatic carbocycles. The van der Waals surface area contributed by atoms with Gasteiger partial charge in [-0.25, -0.2) is 18.2 Å². The highest BCUT2D eigenvalue weighted by Crippen LogP contribution is 2.40. The van der Waals surface area contributed by atoms with Gasteiger partial charge in [0.15, 0.2) is 5.60 Å². The van der Waals surface area contributed by atoms with E-state index in [1.165, 1.54) is 26.1 Å². The normalized spacial score (nSPS) is 21.2. The number of anilines is 1. The number of hydrogen-bond acceptors (Lipinski definition) is 5. The number of halogens is 6. The van der Waals surface area contributed by atoms with Crippen molar-refractivity contribution in [3.63, 3.8) is 0 Å². The molecular formula is C26H28F6N4O3. The maximum absolute atomic E-state index is 13.4. The molecule has 1 aromatic heterocycles. The Hall–Kier alpha value is -3.51. The van der Waals surface area contributed by atoms with E-state index in [4.69, 9.17) is 4.74 Å². The summed E-state index contributed by atoms with van der Waals surface area (Å²) in [4.78, 5) is 31.5. The molecule has 0 spiro atoms. The van der Waals surface area contributed by atoms with Crippen LogP contribution in [0.3, 0.4) is 0 Å². The summed E-state index contributed by atoms with van der Waals surface area (Å²) in [6.45, 7) is 1.94. The summed E-state index contributed by atoms with van der Waals surface area (Å²) in [5.41, 5.74) is -2.82. The lowest BCUT2D eigenvalue weighted by molar-refractivity contribution is -0.144. The number of benzene rings is 1. The highest BCUT2D eigenvalue weighted by atomic mass is 19.4. The van der Waals surface area contributed by atoms with E-state index in [0.717, 1.165) is 25.0 Å². The van der Waals surface area contributed by atoms with Crippen molar-refractivity contribution >= 4 is 17.6 Å². The van der Waals surface area contributed by atoms with E-state index in [9.17, 15) is 35.9 Å². The molecular weight excluding hydrogens is 530 g/mol. The molecule has 0 saturated carbocycles. The molecule has 13 heteroatoms. The van der Waals surface area contributed by atoms with E-state index >= 15 is 0 Å². The lowest BCUT2D eigenvalue weighted by atomic mass is 9.96. The first-order chi connectivity index (χ1) is 18.2. The SMILES string of the molecule is CC(C)(Oc1ccc(F)cc1C(F)(F)F)C(=O)NC1C[C@H]2CC[C@@H](C1)N2c1ccc(C(=O)NCC(F)F)cn1. The minimum Gasteiger partial charge on any atom is -0.477 e. The van der Waals surface area contributed by atoms with Crippen molar-refractivity contribution in [2.24, 2.45) is 0 Å². The maximum atomic E-state index is 13.4. The first-order valence-corrected chi connectivity index (χ1v) is 12.4.